The summed E-state index contributed by atoms with van der Waals surface area (Å²) in [7, 11) is 0. The van der Waals surface area contributed by atoms with Crippen LogP contribution in [-0.4, -0.2) is 59.0 Å². The van der Waals surface area contributed by atoms with Crippen LogP contribution in [0.1, 0.15) is 34.1 Å². The average molecular weight is 256 g/mol. The zero-order chi connectivity index (χ0) is 13.9. The molecule has 1 fully saturated rings. The number of aliphatic hydroxyl groups is 1. The van der Waals surface area contributed by atoms with Crippen LogP contribution in [-0.2, 0) is 9.59 Å². The molecule has 1 saturated heterocycles. The molecule has 1 heterocycles. The number of nitrogens with zero attached hydrogens (tertiary/aromatic N) is 2. The lowest BCUT2D eigenvalue weighted by atomic mass is 9.89. The van der Waals surface area contributed by atoms with E-state index in [4.69, 9.17) is 0 Å². The summed E-state index contributed by atoms with van der Waals surface area (Å²) >= 11 is 0. The Morgan fingerprint density at radius 1 is 1.17 bits per heavy atom. The van der Waals surface area contributed by atoms with Crippen LogP contribution in [0.3, 0.4) is 0 Å². The first-order valence-electron chi connectivity index (χ1n) is 6.49. The Balaban J connectivity index is 2.60. The summed E-state index contributed by atoms with van der Waals surface area (Å²) in [6.07, 6.45) is 0.232. The van der Waals surface area contributed by atoms with Crippen LogP contribution in [0.2, 0.25) is 0 Å². The Hall–Kier alpha value is -1.10. The summed E-state index contributed by atoms with van der Waals surface area (Å²) in [6, 6.07) is 0. The van der Waals surface area contributed by atoms with Gasteiger partial charge < -0.3 is 14.9 Å². The maximum absolute atomic E-state index is 11.9. The molecule has 1 aliphatic heterocycles. The topological polar surface area (TPSA) is 60.9 Å². The van der Waals surface area contributed by atoms with Crippen molar-refractivity contribution in [2.24, 2.45) is 5.41 Å². The SMILES string of the molecule is CCCN1CC(=O)N(CC(O)C(C)(C)C)CC1=O. The molecule has 1 unspecified atom stereocenters. The van der Waals surface area contributed by atoms with E-state index in [0.717, 1.165) is 6.42 Å². The van der Waals surface area contributed by atoms with Crippen LogP contribution in [0, 0.1) is 5.41 Å². The van der Waals surface area contributed by atoms with E-state index in [-0.39, 0.29) is 36.9 Å². The molecule has 0 aromatic heterocycles. The third-order valence-electron chi connectivity index (χ3n) is 3.24. The molecule has 18 heavy (non-hydrogen) atoms. The third kappa shape index (κ3) is 3.70. The fraction of sp³-hybridized carbons (Fsp3) is 0.846. The van der Waals surface area contributed by atoms with E-state index in [1.807, 2.05) is 27.7 Å². The van der Waals surface area contributed by atoms with E-state index in [9.17, 15) is 14.7 Å². The van der Waals surface area contributed by atoms with Crippen molar-refractivity contribution in [3.63, 3.8) is 0 Å². The first-order valence-corrected chi connectivity index (χ1v) is 6.49. The van der Waals surface area contributed by atoms with E-state index < -0.39 is 6.10 Å². The van der Waals surface area contributed by atoms with Crippen molar-refractivity contribution in [1.82, 2.24) is 9.80 Å². The summed E-state index contributed by atoms with van der Waals surface area (Å²) in [5.41, 5.74) is -0.288. The largest absolute Gasteiger partial charge is 0.391 e. The molecule has 0 aliphatic carbocycles. The fourth-order valence-corrected chi connectivity index (χ4v) is 1.83. The van der Waals surface area contributed by atoms with Gasteiger partial charge in [-0.15, -0.1) is 0 Å². The molecule has 0 saturated carbocycles. The van der Waals surface area contributed by atoms with E-state index in [2.05, 4.69) is 0 Å². The van der Waals surface area contributed by atoms with Crippen LogP contribution in [0.25, 0.3) is 0 Å². The summed E-state index contributed by atoms with van der Waals surface area (Å²) in [5, 5.41) is 9.99. The molecule has 2 amide bonds. The van der Waals surface area contributed by atoms with E-state index in [1.165, 1.54) is 4.90 Å². The molecule has 0 radical (unpaired) electrons. The summed E-state index contributed by atoms with van der Waals surface area (Å²) in [6.45, 7) is 8.81. The molecule has 0 aromatic carbocycles. The molecule has 0 aromatic rings. The molecule has 5 heteroatoms. The standard InChI is InChI=1S/C13H24N2O3/c1-5-6-14-8-12(18)15(9-11(14)17)7-10(16)13(2,3)4/h10,16H,5-9H2,1-4H3. The van der Waals surface area contributed by atoms with Crippen molar-refractivity contribution in [2.75, 3.05) is 26.2 Å². The molecule has 104 valence electrons. The smallest absolute Gasteiger partial charge is 0.242 e. The van der Waals surface area contributed by atoms with Crippen molar-refractivity contribution in [3.05, 3.63) is 0 Å². The highest BCUT2D eigenvalue weighted by Crippen LogP contribution is 2.20. The minimum absolute atomic E-state index is 0.0300. The number of rotatable bonds is 4. The molecule has 0 bridgehead atoms. The quantitative estimate of drug-likeness (QED) is 0.795. The Labute approximate surface area is 109 Å². The minimum Gasteiger partial charge on any atom is -0.391 e. The number of hydrogen-bond acceptors (Lipinski definition) is 3. The van der Waals surface area contributed by atoms with E-state index in [0.29, 0.717) is 6.54 Å². The van der Waals surface area contributed by atoms with Gasteiger partial charge in [0.25, 0.3) is 0 Å². The number of carbonyl (C=O) groups is 2. The van der Waals surface area contributed by atoms with Crippen LogP contribution in [0.15, 0.2) is 0 Å². The van der Waals surface area contributed by atoms with Gasteiger partial charge in [0.05, 0.1) is 19.2 Å². The second-order valence-corrected chi connectivity index (χ2v) is 5.97. The maximum atomic E-state index is 11.9. The molecule has 0 spiro atoms. The van der Waals surface area contributed by atoms with Crippen LogP contribution in [0.4, 0.5) is 0 Å². The van der Waals surface area contributed by atoms with Crippen LogP contribution >= 0.6 is 0 Å². The van der Waals surface area contributed by atoms with Gasteiger partial charge >= 0.3 is 0 Å². The van der Waals surface area contributed by atoms with Gasteiger partial charge in [-0.2, -0.15) is 0 Å². The number of β-amino-alcohol motifs (C(OH)–C–C–N with tert-alkyl or cyclic N) is 1. The monoisotopic (exact) mass is 256 g/mol. The lowest BCUT2D eigenvalue weighted by molar-refractivity contribution is -0.152. The number of carbonyl (C=O) groups excluding carboxylic acids is 2. The minimum atomic E-state index is -0.619. The van der Waals surface area contributed by atoms with Gasteiger partial charge in [0.1, 0.15) is 0 Å². The third-order valence-corrected chi connectivity index (χ3v) is 3.24. The number of hydrogen-bond donors (Lipinski definition) is 1. The maximum Gasteiger partial charge on any atom is 0.242 e. The second-order valence-electron chi connectivity index (χ2n) is 5.97. The normalized spacial score (nSPS) is 19.4. The van der Waals surface area contributed by atoms with E-state index in [1.54, 1.807) is 4.90 Å². The Bertz CT molecular complexity index is 323. The van der Waals surface area contributed by atoms with Crippen molar-refractivity contribution >= 4 is 11.8 Å². The molecular weight excluding hydrogens is 232 g/mol. The van der Waals surface area contributed by atoms with Gasteiger partial charge in [-0.25, -0.2) is 0 Å². The predicted molar refractivity (Wildman–Crippen MR) is 68.9 cm³/mol. The van der Waals surface area contributed by atoms with Gasteiger partial charge in [-0.3, -0.25) is 9.59 Å². The molecule has 1 atom stereocenters. The fourth-order valence-electron chi connectivity index (χ4n) is 1.83. The average Bonchev–Trinajstić information content (AvgIpc) is 2.24. The summed E-state index contributed by atoms with van der Waals surface area (Å²) in [4.78, 5) is 26.8. The van der Waals surface area contributed by atoms with Gasteiger partial charge in [0.15, 0.2) is 0 Å². The zero-order valence-corrected chi connectivity index (χ0v) is 11.8. The van der Waals surface area contributed by atoms with Gasteiger partial charge in [-0.1, -0.05) is 27.7 Å². The van der Waals surface area contributed by atoms with Crippen molar-refractivity contribution in [2.45, 2.75) is 40.2 Å². The second kappa shape index (κ2) is 5.69. The van der Waals surface area contributed by atoms with E-state index >= 15 is 0 Å². The summed E-state index contributed by atoms with van der Waals surface area (Å²) < 4.78 is 0. The first kappa shape index (κ1) is 15.0. The Kier molecular flexibility index (Phi) is 4.73. The van der Waals surface area contributed by atoms with Gasteiger partial charge in [0, 0.05) is 13.1 Å². The molecule has 1 aliphatic rings. The highest BCUT2D eigenvalue weighted by atomic mass is 16.3. The highest BCUT2D eigenvalue weighted by molar-refractivity contribution is 5.92. The Morgan fingerprint density at radius 3 is 2.17 bits per heavy atom. The predicted octanol–water partition coefficient (Wildman–Crippen LogP) is 0.474. The zero-order valence-electron chi connectivity index (χ0n) is 11.8. The van der Waals surface area contributed by atoms with Crippen LogP contribution in [0.5, 0.6) is 0 Å². The number of aliphatic hydroxyl groups excluding tert-OH is 1. The van der Waals surface area contributed by atoms with Gasteiger partial charge in [0.2, 0.25) is 11.8 Å². The number of amides is 2. The molecular formula is C13H24N2O3. The van der Waals surface area contributed by atoms with Crippen LogP contribution < -0.4 is 0 Å². The molecule has 5 nitrogen and oxygen atoms in total. The van der Waals surface area contributed by atoms with Crippen molar-refractivity contribution < 1.29 is 14.7 Å². The summed E-state index contributed by atoms with van der Waals surface area (Å²) in [5.74, 6) is -0.107. The number of piperazine rings is 1. The Morgan fingerprint density at radius 2 is 1.67 bits per heavy atom. The molecule has 1 rings (SSSR count). The molecule has 1 N–H and O–H groups in total. The van der Waals surface area contributed by atoms with Crippen molar-refractivity contribution in [1.29, 1.82) is 0 Å². The van der Waals surface area contributed by atoms with Gasteiger partial charge in [-0.05, 0) is 11.8 Å². The first-order chi connectivity index (χ1) is 8.25. The van der Waals surface area contributed by atoms with Crippen molar-refractivity contribution in [3.8, 4) is 0 Å². The highest BCUT2D eigenvalue weighted by Gasteiger charge is 2.33. The lowest BCUT2D eigenvalue weighted by Crippen LogP contribution is -2.56. The lowest BCUT2D eigenvalue weighted by Gasteiger charge is -2.37.